The molecule has 0 atom stereocenters. The number of ether oxygens (including phenoxy) is 1. The van der Waals surface area contributed by atoms with E-state index in [2.05, 4.69) is 17.2 Å². The van der Waals surface area contributed by atoms with Crippen molar-refractivity contribution in [2.75, 3.05) is 11.9 Å². The van der Waals surface area contributed by atoms with Crippen molar-refractivity contribution in [2.24, 2.45) is 12.0 Å². The van der Waals surface area contributed by atoms with Crippen molar-refractivity contribution >= 4 is 28.6 Å². The average Bonchev–Trinajstić information content (AvgIpc) is 3.03. The van der Waals surface area contributed by atoms with Crippen LogP contribution in [0.2, 0.25) is 0 Å². The average molecular weight is 414 g/mol. The lowest BCUT2D eigenvalue weighted by molar-refractivity contribution is -0.115. The predicted octanol–water partition coefficient (Wildman–Crippen LogP) is 4.82. The number of unbranched alkanes of at least 4 members (excludes halogenated alkanes) is 1. The van der Waals surface area contributed by atoms with Gasteiger partial charge in [0.1, 0.15) is 11.6 Å². The zero-order valence-corrected chi connectivity index (χ0v) is 17.3. The third-order valence-electron chi connectivity index (χ3n) is 4.30. The zero-order chi connectivity index (χ0) is 20.6. The van der Waals surface area contributed by atoms with Crippen molar-refractivity contribution in [3.8, 4) is 5.75 Å². The van der Waals surface area contributed by atoms with E-state index in [4.69, 9.17) is 4.74 Å². The van der Waals surface area contributed by atoms with Gasteiger partial charge in [-0.25, -0.2) is 9.38 Å². The van der Waals surface area contributed by atoms with E-state index in [9.17, 15) is 9.18 Å². The van der Waals surface area contributed by atoms with Crippen LogP contribution in [0.5, 0.6) is 5.75 Å². The van der Waals surface area contributed by atoms with Gasteiger partial charge in [0.2, 0.25) is 5.91 Å². The molecule has 7 heteroatoms. The van der Waals surface area contributed by atoms with Gasteiger partial charge in [-0.3, -0.25) is 4.79 Å². The number of carbonyl (C=O) groups excluding carboxylic acids is 1. The van der Waals surface area contributed by atoms with Crippen LogP contribution in [-0.4, -0.2) is 17.1 Å². The summed E-state index contributed by atoms with van der Waals surface area (Å²) in [4.78, 5) is 17.6. The molecule has 0 spiro atoms. The quantitative estimate of drug-likeness (QED) is 0.539. The lowest BCUT2D eigenvalue weighted by Gasteiger charge is -2.08. The van der Waals surface area contributed by atoms with Gasteiger partial charge in [0.25, 0.3) is 0 Å². The Bertz CT molecular complexity index is 1030. The molecule has 1 amide bonds. The third-order valence-corrected chi connectivity index (χ3v) is 5.26. The van der Waals surface area contributed by atoms with Crippen molar-refractivity contribution in [2.45, 2.75) is 26.2 Å². The molecule has 1 heterocycles. The SMILES string of the molecule is CCCCOc1ccc(NC(=O)Cc2csc(=Nc3cccc(F)c3)n2C)cc1. The molecule has 0 saturated heterocycles. The number of anilines is 1. The summed E-state index contributed by atoms with van der Waals surface area (Å²) in [6, 6.07) is 13.5. The molecule has 0 aliphatic rings. The Balaban J connectivity index is 1.62. The minimum Gasteiger partial charge on any atom is -0.494 e. The molecule has 3 aromatic rings. The summed E-state index contributed by atoms with van der Waals surface area (Å²) in [6.07, 6.45) is 2.33. The van der Waals surface area contributed by atoms with Crippen molar-refractivity contribution in [3.05, 3.63) is 70.2 Å². The second kappa shape index (κ2) is 10.0. The molecule has 0 fully saturated rings. The lowest BCUT2D eigenvalue weighted by Crippen LogP contribution is -2.19. The molecule has 0 bridgehead atoms. The molecule has 5 nitrogen and oxygen atoms in total. The molecule has 0 aliphatic heterocycles. The molecule has 29 heavy (non-hydrogen) atoms. The number of halogens is 1. The summed E-state index contributed by atoms with van der Waals surface area (Å²) in [5.74, 6) is 0.353. The normalized spacial score (nSPS) is 11.5. The zero-order valence-electron chi connectivity index (χ0n) is 16.5. The maximum absolute atomic E-state index is 13.3. The van der Waals surface area contributed by atoms with Crippen molar-refractivity contribution in [1.29, 1.82) is 0 Å². The second-order valence-electron chi connectivity index (χ2n) is 6.61. The van der Waals surface area contributed by atoms with E-state index in [1.807, 2.05) is 41.3 Å². The van der Waals surface area contributed by atoms with Crippen molar-refractivity contribution < 1.29 is 13.9 Å². The van der Waals surface area contributed by atoms with Crippen LogP contribution in [-0.2, 0) is 18.3 Å². The minimum atomic E-state index is -0.327. The molecule has 0 saturated carbocycles. The number of hydrogen-bond donors (Lipinski definition) is 1. The fraction of sp³-hybridized carbons (Fsp3) is 0.273. The molecule has 0 aliphatic carbocycles. The summed E-state index contributed by atoms with van der Waals surface area (Å²) in [5.41, 5.74) is 2.10. The summed E-state index contributed by atoms with van der Waals surface area (Å²) in [5, 5.41) is 4.79. The molecule has 2 aromatic carbocycles. The van der Waals surface area contributed by atoms with Crippen LogP contribution in [0.15, 0.2) is 58.9 Å². The first kappa shape index (κ1) is 20.8. The van der Waals surface area contributed by atoms with Crippen LogP contribution in [0.4, 0.5) is 15.8 Å². The Morgan fingerprint density at radius 3 is 2.76 bits per heavy atom. The number of thiazole rings is 1. The van der Waals surface area contributed by atoms with E-state index in [1.54, 1.807) is 12.1 Å². The van der Waals surface area contributed by atoms with Gasteiger partial charge < -0.3 is 14.6 Å². The van der Waals surface area contributed by atoms with Crippen LogP contribution in [0, 0.1) is 5.82 Å². The number of benzene rings is 2. The van der Waals surface area contributed by atoms with Crippen molar-refractivity contribution in [1.82, 2.24) is 4.57 Å². The molecule has 0 radical (unpaired) electrons. The molecule has 152 valence electrons. The number of aromatic nitrogens is 1. The highest BCUT2D eigenvalue weighted by molar-refractivity contribution is 7.07. The van der Waals surface area contributed by atoms with Crippen LogP contribution in [0.25, 0.3) is 0 Å². The summed E-state index contributed by atoms with van der Waals surface area (Å²) >= 11 is 1.41. The fourth-order valence-electron chi connectivity index (χ4n) is 2.66. The van der Waals surface area contributed by atoms with E-state index in [0.29, 0.717) is 17.1 Å². The Kier molecular flexibility index (Phi) is 7.19. The Morgan fingerprint density at radius 2 is 2.03 bits per heavy atom. The highest BCUT2D eigenvalue weighted by Crippen LogP contribution is 2.17. The maximum atomic E-state index is 13.3. The van der Waals surface area contributed by atoms with Crippen LogP contribution < -0.4 is 14.9 Å². The van der Waals surface area contributed by atoms with Gasteiger partial charge in [-0.2, -0.15) is 0 Å². The molecule has 0 unspecified atom stereocenters. The minimum absolute atomic E-state index is 0.115. The number of rotatable bonds is 8. The van der Waals surface area contributed by atoms with Crippen LogP contribution >= 0.6 is 11.3 Å². The molecular weight excluding hydrogens is 389 g/mol. The van der Waals surface area contributed by atoms with Gasteiger partial charge in [0.15, 0.2) is 4.80 Å². The topological polar surface area (TPSA) is 55.6 Å². The van der Waals surface area contributed by atoms with Gasteiger partial charge in [-0.05, 0) is 48.9 Å². The van der Waals surface area contributed by atoms with E-state index in [1.165, 1.54) is 23.5 Å². The predicted molar refractivity (Wildman–Crippen MR) is 114 cm³/mol. The first-order chi connectivity index (χ1) is 14.0. The van der Waals surface area contributed by atoms with Crippen LogP contribution in [0.1, 0.15) is 25.5 Å². The third kappa shape index (κ3) is 6.02. The van der Waals surface area contributed by atoms with E-state index >= 15 is 0 Å². The van der Waals surface area contributed by atoms with Crippen molar-refractivity contribution in [3.63, 3.8) is 0 Å². The van der Waals surface area contributed by atoms with Gasteiger partial charge in [0, 0.05) is 23.8 Å². The highest BCUT2D eigenvalue weighted by Gasteiger charge is 2.09. The number of amides is 1. The molecule has 1 N–H and O–H groups in total. The number of nitrogens with one attached hydrogen (secondary N) is 1. The number of carbonyl (C=O) groups is 1. The van der Waals surface area contributed by atoms with Gasteiger partial charge in [-0.15, -0.1) is 11.3 Å². The Hall–Kier alpha value is -2.93. The second-order valence-corrected chi connectivity index (χ2v) is 7.45. The van der Waals surface area contributed by atoms with Gasteiger partial charge >= 0.3 is 0 Å². The van der Waals surface area contributed by atoms with Gasteiger partial charge in [0.05, 0.1) is 18.7 Å². The monoisotopic (exact) mass is 413 g/mol. The standard InChI is InChI=1S/C22H24FN3O2S/c1-3-4-12-28-20-10-8-17(9-11-20)24-21(27)14-19-15-29-22(26(19)2)25-18-7-5-6-16(23)13-18/h5-11,13,15H,3-4,12,14H2,1-2H3,(H,24,27). The Labute approximate surface area is 173 Å². The molecule has 3 rings (SSSR count). The smallest absolute Gasteiger partial charge is 0.230 e. The number of nitrogens with zero attached hydrogens (tertiary/aromatic N) is 2. The lowest BCUT2D eigenvalue weighted by atomic mass is 10.2. The highest BCUT2D eigenvalue weighted by atomic mass is 32.1. The van der Waals surface area contributed by atoms with E-state index in [0.717, 1.165) is 30.0 Å². The first-order valence-electron chi connectivity index (χ1n) is 9.51. The summed E-state index contributed by atoms with van der Waals surface area (Å²) < 4.78 is 20.8. The van der Waals surface area contributed by atoms with E-state index < -0.39 is 0 Å². The molecule has 1 aromatic heterocycles. The summed E-state index contributed by atoms with van der Waals surface area (Å²) in [7, 11) is 1.85. The fourth-order valence-corrected chi connectivity index (χ4v) is 3.57. The van der Waals surface area contributed by atoms with E-state index in [-0.39, 0.29) is 18.1 Å². The maximum Gasteiger partial charge on any atom is 0.230 e. The Morgan fingerprint density at radius 1 is 1.24 bits per heavy atom. The van der Waals surface area contributed by atoms with Crippen LogP contribution in [0.3, 0.4) is 0 Å². The first-order valence-corrected chi connectivity index (χ1v) is 10.4. The largest absolute Gasteiger partial charge is 0.494 e. The number of hydrogen-bond acceptors (Lipinski definition) is 4. The van der Waals surface area contributed by atoms with Gasteiger partial charge in [-0.1, -0.05) is 19.4 Å². The summed E-state index contributed by atoms with van der Waals surface area (Å²) in [6.45, 7) is 2.81. The molecular formula is C22H24FN3O2S.